The lowest BCUT2D eigenvalue weighted by Gasteiger charge is -2.24. The quantitative estimate of drug-likeness (QED) is 0.336. The summed E-state index contributed by atoms with van der Waals surface area (Å²) < 4.78 is 46.7. The zero-order valence-electron chi connectivity index (χ0n) is 15.8. The van der Waals surface area contributed by atoms with Crippen molar-refractivity contribution < 1.29 is 37.0 Å². The molecule has 2 aromatic carbocycles. The minimum absolute atomic E-state index is 0.0264. The zero-order chi connectivity index (χ0) is 21.5. The van der Waals surface area contributed by atoms with Crippen molar-refractivity contribution in [3.05, 3.63) is 83.0 Å². The van der Waals surface area contributed by atoms with Crippen LogP contribution in [-0.4, -0.2) is 18.4 Å². The summed E-state index contributed by atoms with van der Waals surface area (Å²) in [6, 6.07) is 12.6. The van der Waals surface area contributed by atoms with Crippen molar-refractivity contribution in [2.75, 3.05) is 0 Å². The van der Waals surface area contributed by atoms with Crippen LogP contribution < -0.4 is 14.2 Å². The first-order chi connectivity index (χ1) is 15.0. The molecule has 0 radical (unpaired) electrons. The van der Waals surface area contributed by atoms with Crippen LogP contribution in [-0.2, 0) is 4.79 Å². The molecule has 0 bridgehead atoms. The number of Topliss-reactive ketones (excluding diaryl/α,β-unsaturated/α-hetero) is 1. The van der Waals surface area contributed by atoms with Crippen LogP contribution in [0.4, 0.5) is 8.78 Å². The van der Waals surface area contributed by atoms with Crippen molar-refractivity contribution in [1.82, 2.24) is 0 Å². The van der Waals surface area contributed by atoms with E-state index in [9.17, 15) is 18.4 Å². The van der Waals surface area contributed by atoms with Gasteiger partial charge in [0.15, 0.2) is 5.76 Å². The highest BCUT2D eigenvalue weighted by molar-refractivity contribution is 6.15. The summed E-state index contributed by atoms with van der Waals surface area (Å²) in [5, 5.41) is 0. The second-order valence-electron chi connectivity index (χ2n) is 6.96. The fourth-order valence-electron chi connectivity index (χ4n) is 3.78. The average molecular weight is 424 g/mol. The van der Waals surface area contributed by atoms with Gasteiger partial charge in [0.25, 0.3) is 0 Å². The Labute approximate surface area is 174 Å². The van der Waals surface area contributed by atoms with Crippen molar-refractivity contribution in [3.63, 3.8) is 0 Å². The lowest BCUT2D eigenvalue weighted by molar-refractivity contribution is -0.135. The molecule has 3 aromatic rings. The predicted octanol–water partition coefficient (Wildman–Crippen LogP) is 4.94. The molecule has 8 heteroatoms. The Bertz CT molecular complexity index is 1210. The highest BCUT2D eigenvalue weighted by Crippen LogP contribution is 2.49. The van der Waals surface area contributed by atoms with Gasteiger partial charge in [-0.25, -0.2) is 0 Å². The van der Waals surface area contributed by atoms with E-state index in [1.54, 1.807) is 30.3 Å². The Morgan fingerprint density at radius 2 is 1.87 bits per heavy atom. The van der Waals surface area contributed by atoms with Gasteiger partial charge in [0.1, 0.15) is 23.0 Å². The smallest absolute Gasteiger partial charge is 0.387 e. The van der Waals surface area contributed by atoms with Gasteiger partial charge in [0, 0.05) is 11.1 Å². The largest absolute Gasteiger partial charge is 0.469 e. The van der Waals surface area contributed by atoms with Crippen LogP contribution in [0.3, 0.4) is 0 Å². The molecule has 6 nitrogen and oxygen atoms in total. The maximum absolute atomic E-state index is 13.0. The number of allylic oxidation sites excluding steroid dienone is 1. The number of hydrogen-bond acceptors (Lipinski definition) is 6. The summed E-state index contributed by atoms with van der Waals surface area (Å²) in [6.45, 7) is -3.01. The highest BCUT2D eigenvalue weighted by atomic mass is 19.3. The van der Waals surface area contributed by atoms with E-state index in [0.29, 0.717) is 11.3 Å². The molecular formula is C23H14F2O6. The Hall–Kier alpha value is -3.94. The van der Waals surface area contributed by atoms with Crippen molar-refractivity contribution in [2.45, 2.75) is 19.0 Å². The lowest BCUT2D eigenvalue weighted by atomic mass is 9.88. The number of carbonyl (C=O) groups is 2. The number of alkyl halides is 2. The number of fused-ring (bicyclic) bond motifs is 3. The summed E-state index contributed by atoms with van der Waals surface area (Å²) in [4.78, 5) is 25.0. The van der Waals surface area contributed by atoms with Crippen molar-refractivity contribution in [2.24, 2.45) is 0 Å². The predicted molar refractivity (Wildman–Crippen MR) is 103 cm³/mol. The molecule has 2 aliphatic heterocycles. The van der Waals surface area contributed by atoms with Crippen LogP contribution in [0.1, 0.15) is 39.6 Å². The zero-order valence-corrected chi connectivity index (χ0v) is 15.8. The summed E-state index contributed by atoms with van der Waals surface area (Å²) in [5.41, 5.74) is 1.08. The number of ether oxygens (including phenoxy) is 3. The van der Waals surface area contributed by atoms with Crippen LogP contribution >= 0.6 is 0 Å². The summed E-state index contributed by atoms with van der Waals surface area (Å²) in [5.74, 6) is -0.377. The van der Waals surface area contributed by atoms with E-state index in [1.807, 2.05) is 0 Å². The molecule has 0 spiro atoms. The first-order valence-corrected chi connectivity index (χ1v) is 9.40. The number of ketones is 1. The number of rotatable bonds is 4. The van der Waals surface area contributed by atoms with Crippen molar-refractivity contribution in [3.8, 4) is 17.2 Å². The summed E-state index contributed by atoms with van der Waals surface area (Å²) >= 11 is 0. The Morgan fingerprint density at radius 1 is 1.03 bits per heavy atom. The standard InChI is InChI=1S/C23H14F2O6/c24-23(25)31-15-5-2-1-4-12(15)10-18-21(27)13-7-8-17-20(22(13)30-18)14(11-19(26)29-17)16-6-3-9-28-16/h1-10,14,23H,11H2. The topological polar surface area (TPSA) is 75.0 Å². The van der Waals surface area contributed by atoms with Gasteiger partial charge in [-0.15, -0.1) is 0 Å². The minimum atomic E-state index is -3.01. The van der Waals surface area contributed by atoms with Gasteiger partial charge in [-0.05, 0) is 36.4 Å². The average Bonchev–Trinajstić information content (AvgIpc) is 3.37. The molecule has 1 atom stereocenters. The molecule has 31 heavy (non-hydrogen) atoms. The van der Waals surface area contributed by atoms with Crippen molar-refractivity contribution >= 4 is 17.8 Å². The normalized spacial score (nSPS) is 18.5. The lowest BCUT2D eigenvalue weighted by Crippen LogP contribution is -2.21. The molecule has 0 aliphatic carbocycles. The SMILES string of the molecule is O=C1CC(c2ccco2)c2c(ccc3c2OC(=Cc2ccccc2OC(F)F)C3=O)O1. The Kier molecular flexibility index (Phi) is 4.54. The number of benzene rings is 2. The number of carbonyl (C=O) groups excluding carboxylic acids is 2. The third kappa shape index (κ3) is 3.35. The van der Waals surface area contributed by atoms with E-state index in [2.05, 4.69) is 4.74 Å². The van der Waals surface area contributed by atoms with E-state index in [4.69, 9.17) is 13.9 Å². The first kappa shape index (κ1) is 19.0. The van der Waals surface area contributed by atoms with E-state index < -0.39 is 24.3 Å². The molecule has 1 aromatic heterocycles. The molecule has 5 rings (SSSR count). The van der Waals surface area contributed by atoms with E-state index in [-0.39, 0.29) is 40.6 Å². The van der Waals surface area contributed by atoms with Gasteiger partial charge >= 0.3 is 12.6 Å². The Balaban J connectivity index is 1.58. The molecule has 0 amide bonds. The van der Waals surface area contributed by atoms with Gasteiger partial charge in [-0.2, -0.15) is 8.78 Å². The summed E-state index contributed by atoms with van der Waals surface area (Å²) in [7, 11) is 0. The maximum atomic E-state index is 13.0. The van der Waals surface area contributed by atoms with Crippen LogP contribution in [0.2, 0.25) is 0 Å². The molecule has 0 saturated heterocycles. The van der Waals surface area contributed by atoms with Crippen LogP contribution in [0, 0.1) is 0 Å². The van der Waals surface area contributed by atoms with Gasteiger partial charge in [-0.1, -0.05) is 18.2 Å². The van der Waals surface area contributed by atoms with Crippen LogP contribution in [0.25, 0.3) is 6.08 Å². The molecule has 3 heterocycles. The fourth-order valence-corrected chi connectivity index (χ4v) is 3.78. The molecule has 0 N–H and O–H groups in total. The summed E-state index contributed by atoms with van der Waals surface area (Å²) in [6.07, 6.45) is 2.87. The van der Waals surface area contributed by atoms with Crippen LogP contribution in [0.15, 0.2) is 65.0 Å². The molecule has 2 aliphatic rings. The maximum Gasteiger partial charge on any atom is 0.387 e. The number of hydrogen-bond donors (Lipinski definition) is 0. The van der Waals surface area contributed by atoms with Gasteiger partial charge in [0.05, 0.1) is 24.2 Å². The number of halogens is 2. The Morgan fingerprint density at radius 3 is 2.65 bits per heavy atom. The second kappa shape index (κ2) is 7.39. The molecule has 156 valence electrons. The van der Waals surface area contributed by atoms with Crippen LogP contribution in [0.5, 0.6) is 17.2 Å². The number of esters is 1. The van der Waals surface area contributed by atoms with Gasteiger partial charge in [-0.3, -0.25) is 9.59 Å². The molecular weight excluding hydrogens is 410 g/mol. The molecule has 0 saturated carbocycles. The van der Waals surface area contributed by atoms with Gasteiger partial charge < -0.3 is 18.6 Å². The number of para-hydroxylation sites is 1. The minimum Gasteiger partial charge on any atom is -0.469 e. The third-order valence-electron chi connectivity index (χ3n) is 5.09. The van der Waals surface area contributed by atoms with E-state index in [0.717, 1.165) is 0 Å². The molecule has 0 fully saturated rings. The van der Waals surface area contributed by atoms with E-state index in [1.165, 1.54) is 30.5 Å². The monoisotopic (exact) mass is 424 g/mol. The number of furan rings is 1. The third-order valence-corrected chi connectivity index (χ3v) is 5.09. The highest BCUT2D eigenvalue weighted by Gasteiger charge is 2.39. The second-order valence-corrected chi connectivity index (χ2v) is 6.96. The molecule has 1 unspecified atom stereocenters. The van der Waals surface area contributed by atoms with Crippen molar-refractivity contribution in [1.29, 1.82) is 0 Å². The van der Waals surface area contributed by atoms with Gasteiger partial charge in [0.2, 0.25) is 5.78 Å². The fraction of sp³-hybridized carbons (Fsp3) is 0.130. The first-order valence-electron chi connectivity index (χ1n) is 9.40. The van der Waals surface area contributed by atoms with E-state index >= 15 is 0 Å².